The molecule has 0 atom stereocenters. The molecular formula is C14H21BrN2O5S. The SMILES string of the molecule is COC(=O)c1sc(N(OC(C)(C)C)C(=O)OC(C)(C)C)nc1Br. The highest BCUT2D eigenvalue weighted by atomic mass is 79.9. The first-order chi connectivity index (χ1) is 10.3. The number of ether oxygens (including phenoxy) is 2. The summed E-state index contributed by atoms with van der Waals surface area (Å²) in [6.07, 6.45) is -0.718. The first-order valence-corrected chi connectivity index (χ1v) is 8.42. The van der Waals surface area contributed by atoms with Crippen molar-refractivity contribution in [3.05, 3.63) is 9.48 Å². The van der Waals surface area contributed by atoms with Crippen LogP contribution in [0.2, 0.25) is 0 Å². The van der Waals surface area contributed by atoms with E-state index in [1.807, 2.05) is 0 Å². The predicted molar refractivity (Wildman–Crippen MR) is 90.7 cm³/mol. The number of amides is 1. The zero-order chi connectivity index (χ0) is 18.0. The number of halogens is 1. The van der Waals surface area contributed by atoms with Gasteiger partial charge in [0.05, 0.1) is 12.7 Å². The second kappa shape index (κ2) is 7.14. The molecule has 0 fully saturated rings. The van der Waals surface area contributed by atoms with Crippen LogP contribution in [0.5, 0.6) is 0 Å². The van der Waals surface area contributed by atoms with Gasteiger partial charge in [-0.2, -0.15) is 0 Å². The number of carbonyl (C=O) groups is 2. The predicted octanol–water partition coefficient (Wildman–Crippen LogP) is 4.16. The minimum atomic E-state index is -0.718. The summed E-state index contributed by atoms with van der Waals surface area (Å²) in [7, 11) is 1.27. The van der Waals surface area contributed by atoms with E-state index in [2.05, 4.69) is 25.7 Å². The molecule has 0 unspecified atom stereocenters. The van der Waals surface area contributed by atoms with Gasteiger partial charge in [0.15, 0.2) is 0 Å². The lowest BCUT2D eigenvalue weighted by Gasteiger charge is -2.29. The molecule has 23 heavy (non-hydrogen) atoms. The van der Waals surface area contributed by atoms with Crippen molar-refractivity contribution in [2.24, 2.45) is 0 Å². The van der Waals surface area contributed by atoms with Crippen molar-refractivity contribution >= 4 is 44.5 Å². The number of hydroxylamine groups is 1. The Kier molecular flexibility index (Phi) is 6.17. The van der Waals surface area contributed by atoms with Crippen LogP contribution in [0.15, 0.2) is 4.60 Å². The van der Waals surface area contributed by atoms with Crippen molar-refractivity contribution in [2.75, 3.05) is 12.2 Å². The number of thiazole rings is 1. The Labute approximate surface area is 148 Å². The monoisotopic (exact) mass is 408 g/mol. The van der Waals surface area contributed by atoms with Gasteiger partial charge in [-0.05, 0) is 57.5 Å². The van der Waals surface area contributed by atoms with Gasteiger partial charge in [0.1, 0.15) is 15.1 Å². The van der Waals surface area contributed by atoms with Crippen molar-refractivity contribution in [2.45, 2.75) is 52.7 Å². The van der Waals surface area contributed by atoms with E-state index in [4.69, 9.17) is 9.57 Å². The van der Waals surface area contributed by atoms with E-state index in [0.717, 1.165) is 16.4 Å². The smallest absolute Gasteiger partial charge is 0.441 e. The van der Waals surface area contributed by atoms with Gasteiger partial charge >= 0.3 is 12.1 Å². The van der Waals surface area contributed by atoms with Gasteiger partial charge < -0.3 is 9.47 Å². The topological polar surface area (TPSA) is 78.0 Å². The summed E-state index contributed by atoms with van der Waals surface area (Å²) >= 11 is 4.14. The molecule has 1 heterocycles. The maximum Gasteiger partial charge on any atom is 0.441 e. The quantitative estimate of drug-likeness (QED) is 0.551. The van der Waals surface area contributed by atoms with Gasteiger partial charge in [0.2, 0.25) is 5.13 Å². The third-order valence-corrected chi connectivity index (χ3v) is 3.88. The fourth-order valence-electron chi connectivity index (χ4n) is 1.33. The van der Waals surface area contributed by atoms with Crippen LogP contribution in [-0.4, -0.2) is 35.4 Å². The molecule has 0 N–H and O–H groups in total. The average molecular weight is 409 g/mol. The van der Waals surface area contributed by atoms with Gasteiger partial charge in [-0.3, -0.25) is 4.84 Å². The van der Waals surface area contributed by atoms with Crippen molar-refractivity contribution in [1.29, 1.82) is 0 Å². The second-order valence-electron chi connectivity index (χ2n) is 6.59. The lowest BCUT2D eigenvalue weighted by atomic mass is 10.2. The Morgan fingerprint density at radius 1 is 1.13 bits per heavy atom. The Hall–Kier alpha value is -1.19. The lowest BCUT2D eigenvalue weighted by molar-refractivity contribution is -0.0355. The number of aromatic nitrogens is 1. The van der Waals surface area contributed by atoms with Gasteiger partial charge in [0.25, 0.3) is 0 Å². The number of hydrogen-bond acceptors (Lipinski definition) is 7. The van der Waals surface area contributed by atoms with E-state index >= 15 is 0 Å². The molecule has 0 saturated heterocycles. The summed E-state index contributed by atoms with van der Waals surface area (Å²) in [6.45, 7) is 10.6. The van der Waals surface area contributed by atoms with E-state index in [9.17, 15) is 9.59 Å². The van der Waals surface area contributed by atoms with Crippen molar-refractivity contribution in [3.63, 3.8) is 0 Å². The van der Waals surface area contributed by atoms with Gasteiger partial charge in [-0.1, -0.05) is 11.3 Å². The molecule has 0 spiro atoms. The van der Waals surface area contributed by atoms with E-state index in [0.29, 0.717) is 0 Å². The zero-order valence-electron chi connectivity index (χ0n) is 14.2. The molecule has 0 bridgehead atoms. The lowest BCUT2D eigenvalue weighted by Crippen LogP contribution is -2.41. The fourth-order valence-corrected chi connectivity index (χ4v) is 2.83. The van der Waals surface area contributed by atoms with Gasteiger partial charge in [-0.25, -0.2) is 14.6 Å². The fraction of sp³-hybridized carbons (Fsp3) is 0.643. The molecule has 1 rings (SSSR count). The number of anilines is 1. The van der Waals surface area contributed by atoms with E-state index in [-0.39, 0.29) is 14.6 Å². The molecule has 1 amide bonds. The van der Waals surface area contributed by atoms with Crippen molar-refractivity contribution < 1.29 is 23.9 Å². The zero-order valence-corrected chi connectivity index (χ0v) is 16.6. The van der Waals surface area contributed by atoms with Crippen molar-refractivity contribution in [1.82, 2.24) is 4.98 Å². The summed E-state index contributed by atoms with van der Waals surface area (Å²) in [5.74, 6) is -0.555. The highest BCUT2D eigenvalue weighted by molar-refractivity contribution is 9.10. The molecule has 7 nitrogen and oxygen atoms in total. The van der Waals surface area contributed by atoms with Crippen LogP contribution in [-0.2, 0) is 14.3 Å². The number of rotatable bonds is 3. The van der Waals surface area contributed by atoms with E-state index in [1.165, 1.54) is 7.11 Å². The Morgan fingerprint density at radius 2 is 1.70 bits per heavy atom. The number of esters is 1. The minimum absolute atomic E-state index is 0.168. The largest absolute Gasteiger partial charge is 0.465 e. The summed E-state index contributed by atoms with van der Waals surface area (Å²) in [5.41, 5.74) is -1.36. The molecule has 0 aliphatic rings. The highest BCUT2D eigenvalue weighted by Gasteiger charge is 2.32. The molecule has 1 aromatic rings. The Morgan fingerprint density at radius 3 is 2.13 bits per heavy atom. The van der Waals surface area contributed by atoms with E-state index in [1.54, 1.807) is 41.5 Å². The van der Waals surface area contributed by atoms with E-state index < -0.39 is 23.3 Å². The van der Waals surface area contributed by atoms with Gasteiger partial charge in [0, 0.05) is 0 Å². The number of carbonyl (C=O) groups excluding carboxylic acids is 2. The van der Waals surface area contributed by atoms with Crippen LogP contribution in [0, 0.1) is 0 Å². The molecule has 130 valence electrons. The molecule has 0 saturated carbocycles. The van der Waals surface area contributed by atoms with Crippen LogP contribution >= 0.6 is 27.3 Å². The summed E-state index contributed by atoms with van der Waals surface area (Å²) in [6, 6.07) is 0. The normalized spacial score (nSPS) is 12.0. The standard InChI is InChI=1S/C14H21BrN2O5S/c1-13(2,3)21-12(19)17(22-14(4,5)6)11-16-9(15)8(23-11)10(18)20-7/h1-7H3. The average Bonchev–Trinajstić information content (AvgIpc) is 2.73. The summed E-state index contributed by atoms with van der Waals surface area (Å²) in [5, 5.41) is 1.12. The molecule has 0 aliphatic carbocycles. The molecule has 0 aromatic carbocycles. The highest BCUT2D eigenvalue weighted by Crippen LogP contribution is 2.33. The Bertz CT molecular complexity index is 589. The molecular weight excluding hydrogens is 388 g/mol. The maximum atomic E-state index is 12.4. The molecule has 0 aliphatic heterocycles. The summed E-state index contributed by atoms with van der Waals surface area (Å²) < 4.78 is 10.3. The van der Waals surface area contributed by atoms with Crippen LogP contribution in [0.4, 0.5) is 9.93 Å². The third kappa shape index (κ3) is 6.08. The minimum Gasteiger partial charge on any atom is -0.465 e. The molecule has 9 heteroatoms. The number of methoxy groups -OCH3 is 1. The van der Waals surface area contributed by atoms with Crippen LogP contribution in [0.25, 0.3) is 0 Å². The van der Waals surface area contributed by atoms with Gasteiger partial charge in [-0.15, -0.1) is 5.06 Å². The Balaban J connectivity index is 3.19. The first-order valence-electron chi connectivity index (χ1n) is 6.81. The van der Waals surface area contributed by atoms with Crippen LogP contribution in [0.1, 0.15) is 51.2 Å². The summed E-state index contributed by atoms with van der Waals surface area (Å²) in [4.78, 5) is 34.1. The van der Waals surface area contributed by atoms with Crippen molar-refractivity contribution in [3.8, 4) is 0 Å². The van der Waals surface area contributed by atoms with Crippen LogP contribution in [0.3, 0.4) is 0 Å². The van der Waals surface area contributed by atoms with Crippen LogP contribution < -0.4 is 5.06 Å². The maximum absolute atomic E-state index is 12.4. The second-order valence-corrected chi connectivity index (χ2v) is 8.31. The number of nitrogens with zero attached hydrogens (tertiary/aromatic N) is 2. The molecule has 0 radical (unpaired) electrons. The number of hydrogen-bond donors (Lipinski definition) is 0. The first kappa shape index (κ1) is 19.9. The molecule has 1 aromatic heterocycles. The third-order valence-electron chi connectivity index (χ3n) is 2.04.